The molecule has 0 bridgehead atoms. The first-order valence-corrected chi connectivity index (χ1v) is 7.90. The van der Waals surface area contributed by atoms with Gasteiger partial charge in [0.2, 0.25) is 0 Å². The predicted molar refractivity (Wildman–Crippen MR) is 86.4 cm³/mol. The van der Waals surface area contributed by atoms with Gasteiger partial charge in [-0.05, 0) is 65.0 Å². The van der Waals surface area contributed by atoms with Crippen LogP contribution in [0.2, 0.25) is 0 Å². The predicted octanol–water partition coefficient (Wildman–Crippen LogP) is 3.34. The Morgan fingerprint density at radius 3 is 2.29 bits per heavy atom. The van der Waals surface area contributed by atoms with Gasteiger partial charge in [-0.3, -0.25) is 4.98 Å². The van der Waals surface area contributed by atoms with Crippen molar-refractivity contribution < 1.29 is 9.31 Å². The van der Waals surface area contributed by atoms with Crippen LogP contribution in [-0.4, -0.2) is 23.3 Å². The fourth-order valence-electron chi connectivity index (χ4n) is 2.78. The lowest BCUT2D eigenvalue weighted by molar-refractivity contribution is 0.00578. The van der Waals surface area contributed by atoms with Crippen molar-refractivity contribution in [2.24, 2.45) is 0 Å². The van der Waals surface area contributed by atoms with Crippen LogP contribution in [0.4, 0.5) is 0 Å². The molecule has 0 aromatic carbocycles. The zero-order valence-corrected chi connectivity index (χ0v) is 13.5. The molecular formula is C17H24BNO2. The molecule has 1 saturated heterocycles. The molecule has 0 radical (unpaired) electrons. The van der Waals surface area contributed by atoms with Crippen LogP contribution >= 0.6 is 0 Å². The number of pyridine rings is 1. The molecule has 0 amide bonds. The largest absolute Gasteiger partial charge is 0.496 e. The van der Waals surface area contributed by atoms with Crippen LogP contribution in [0, 0.1) is 0 Å². The Bertz CT molecular complexity index is 532. The molecule has 1 aromatic heterocycles. The molecule has 4 heteroatoms. The lowest BCUT2D eigenvalue weighted by Gasteiger charge is -2.32. The van der Waals surface area contributed by atoms with E-state index < -0.39 is 0 Å². The minimum Gasteiger partial charge on any atom is -0.399 e. The number of rotatable bonds is 2. The van der Waals surface area contributed by atoms with Crippen LogP contribution in [0.25, 0.3) is 5.57 Å². The minimum atomic E-state index is -0.322. The molecule has 112 valence electrons. The standard InChI is InChI=1S/C17H24BNO2/c1-16(2)17(3,4)21-18(20-16)14-10-11-15(19-12-14)13-8-6-5-7-9-13/h8,10-12H,5-7,9H2,1-4H3. The molecule has 2 heterocycles. The molecule has 0 spiro atoms. The highest BCUT2D eigenvalue weighted by Crippen LogP contribution is 2.36. The van der Waals surface area contributed by atoms with Crippen molar-refractivity contribution in [3.8, 4) is 0 Å². The first-order chi connectivity index (χ1) is 9.89. The van der Waals surface area contributed by atoms with E-state index in [1.807, 2.05) is 6.20 Å². The summed E-state index contributed by atoms with van der Waals surface area (Å²) < 4.78 is 12.1. The average Bonchev–Trinajstić information content (AvgIpc) is 2.69. The van der Waals surface area contributed by atoms with Gasteiger partial charge in [0.25, 0.3) is 0 Å². The van der Waals surface area contributed by atoms with E-state index in [1.165, 1.54) is 24.8 Å². The summed E-state index contributed by atoms with van der Waals surface area (Å²) in [7, 11) is -0.322. The Morgan fingerprint density at radius 1 is 1.05 bits per heavy atom. The van der Waals surface area contributed by atoms with Crippen LogP contribution in [0.15, 0.2) is 24.4 Å². The van der Waals surface area contributed by atoms with E-state index in [1.54, 1.807) is 0 Å². The second-order valence-electron chi connectivity index (χ2n) is 7.04. The Kier molecular flexibility index (Phi) is 3.70. The summed E-state index contributed by atoms with van der Waals surface area (Å²) in [6.07, 6.45) is 9.11. The third-order valence-corrected chi connectivity index (χ3v) is 4.93. The van der Waals surface area contributed by atoms with Gasteiger partial charge in [0, 0.05) is 11.7 Å². The number of allylic oxidation sites excluding steroid dienone is 2. The third kappa shape index (κ3) is 2.79. The smallest absolute Gasteiger partial charge is 0.399 e. The van der Waals surface area contributed by atoms with Gasteiger partial charge >= 0.3 is 7.12 Å². The quantitative estimate of drug-likeness (QED) is 0.781. The average molecular weight is 285 g/mol. The maximum Gasteiger partial charge on any atom is 0.496 e. The zero-order chi connectivity index (χ0) is 15.1. The second kappa shape index (κ2) is 5.26. The third-order valence-electron chi connectivity index (χ3n) is 4.93. The van der Waals surface area contributed by atoms with E-state index in [9.17, 15) is 0 Å². The zero-order valence-electron chi connectivity index (χ0n) is 13.5. The van der Waals surface area contributed by atoms with Gasteiger partial charge in [0.1, 0.15) is 0 Å². The Labute approximate surface area is 127 Å². The lowest BCUT2D eigenvalue weighted by Crippen LogP contribution is -2.41. The van der Waals surface area contributed by atoms with Crippen molar-refractivity contribution in [2.45, 2.75) is 64.6 Å². The SMILES string of the molecule is CC1(C)OB(c2ccc(C3=CCCCC3)nc2)OC1(C)C. The normalized spacial score (nSPS) is 24.0. The van der Waals surface area contributed by atoms with Crippen LogP contribution in [0.5, 0.6) is 0 Å². The van der Waals surface area contributed by atoms with E-state index in [2.05, 4.69) is 50.9 Å². The summed E-state index contributed by atoms with van der Waals surface area (Å²) in [4.78, 5) is 4.61. The van der Waals surface area contributed by atoms with Crippen molar-refractivity contribution in [3.05, 3.63) is 30.1 Å². The molecule has 0 atom stereocenters. The van der Waals surface area contributed by atoms with Gasteiger partial charge < -0.3 is 9.31 Å². The Morgan fingerprint density at radius 2 is 1.76 bits per heavy atom. The fourth-order valence-corrected chi connectivity index (χ4v) is 2.78. The van der Waals surface area contributed by atoms with Crippen LogP contribution in [0.3, 0.4) is 0 Å². The molecule has 21 heavy (non-hydrogen) atoms. The maximum absolute atomic E-state index is 6.06. The number of aromatic nitrogens is 1. The first-order valence-electron chi connectivity index (χ1n) is 7.90. The summed E-state index contributed by atoms with van der Waals surface area (Å²) in [5.74, 6) is 0. The van der Waals surface area contributed by atoms with E-state index in [0.717, 1.165) is 17.6 Å². The molecule has 0 N–H and O–H groups in total. The van der Waals surface area contributed by atoms with Crippen molar-refractivity contribution in [3.63, 3.8) is 0 Å². The summed E-state index contributed by atoms with van der Waals surface area (Å²) in [5, 5.41) is 0. The fraction of sp³-hybridized carbons (Fsp3) is 0.588. The van der Waals surface area contributed by atoms with Gasteiger partial charge in [0.05, 0.1) is 16.9 Å². The van der Waals surface area contributed by atoms with Crippen molar-refractivity contribution >= 4 is 18.2 Å². The van der Waals surface area contributed by atoms with E-state index >= 15 is 0 Å². The van der Waals surface area contributed by atoms with Gasteiger partial charge in [0.15, 0.2) is 0 Å². The molecule has 0 saturated carbocycles. The highest BCUT2D eigenvalue weighted by Gasteiger charge is 2.51. The monoisotopic (exact) mass is 285 g/mol. The van der Waals surface area contributed by atoms with Gasteiger partial charge in [-0.1, -0.05) is 12.1 Å². The number of hydrogen-bond acceptors (Lipinski definition) is 3. The molecule has 2 aliphatic rings. The summed E-state index contributed by atoms with van der Waals surface area (Å²) in [6.45, 7) is 8.28. The molecular weight excluding hydrogens is 261 g/mol. The highest BCUT2D eigenvalue weighted by atomic mass is 16.7. The summed E-state index contributed by atoms with van der Waals surface area (Å²) in [6, 6.07) is 4.18. The molecule has 1 aliphatic heterocycles. The molecule has 3 rings (SSSR count). The number of hydrogen-bond donors (Lipinski definition) is 0. The van der Waals surface area contributed by atoms with E-state index in [-0.39, 0.29) is 18.3 Å². The van der Waals surface area contributed by atoms with Crippen molar-refractivity contribution in [1.29, 1.82) is 0 Å². The minimum absolute atomic E-state index is 0.303. The maximum atomic E-state index is 6.06. The Balaban J connectivity index is 1.78. The van der Waals surface area contributed by atoms with Gasteiger partial charge in [-0.2, -0.15) is 0 Å². The second-order valence-corrected chi connectivity index (χ2v) is 7.04. The molecule has 3 nitrogen and oxygen atoms in total. The van der Waals surface area contributed by atoms with E-state index in [0.29, 0.717) is 0 Å². The van der Waals surface area contributed by atoms with Crippen molar-refractivity contribution in [1.82, 2.24) is 4.98 Å². The van der Waals surface area contributed by atoms with Gasteiger partial charge in [-0.15, -0.1) is 0 Å². The number of nitrogens with zero attached hydrogens (tertiary/aromatic N) is 1. The first kappa shape index (κ1) is 14.8. The molecule has 0 unspecified atom stereocenters. The highest BCUT2D eigenvalue weighted by molar-refractivity contribution is 6.62. The van der Waals surface area contributed by atoms with Crippen molar-refractivity contribution in [2.75, 3.05) is 0 Å². The lowest BCUT2D eigenvalue weighted by atomic mass is 9.80. The van der Waals surface area contributed by atoms with Gasteiger partial charge in [-0.25, -0.2) is 0 Å². The van der Waals surface area contributed by atoms with Crippen LogP contribution in [0.1, 0.15) is 59.1 Å². The molecule has 1 aliphatic carbocycles. The Hall–Kier alpha value is -1.13. The summed E-state index contributed by atoms with van der Waals surface area (Å²) in [5.41, 5.74) is 2.86. The van der Waals surface area contributed by atoms with Crippen LogP contribution in [-0.2, 0) is 9.31 Å². The topological polar surface area (TPSA) is 31.4 Å². The summed E-state index contributed by atoms with van der Waals surface area (Å²) >= 11 is 0. The molecule has 1 fully saturated rings. The van der Waals surface area contributed by atoms with E-state index in [4.69, 9.17) is 9.31 Å². The molecule has 1 aromatic rings. The van der Waals surface area contributed by atoms with Crippen LogP contribution < -0.4 is 5.46 Å².